The largest absolute Gasteiger partial charge is 0.380 e. The van der Waals surface area contributed by atoms with Gasteiger partial charge in [0, 0.05) is 24.3 Å². The lowest BCUT2D eigenvalue weighted by molar-refractivity contribution is 0.185. The molecule has 2 rings (SSSR count). The van der Waals surface area contributed by atoms with Crippen molar-refractivity contribution in [2.24, 2.45) is 0 Å². The average molecular weight is 307 g/mol. The van der Waals surface area contributed by atoms with E-state index in [1.165, 1.54) is 11.1 Å². The van der Waals surface area contributed by atoms with Crippen molar-refractivity contribution in [2.45, 2.75) is 13.2 Å². The van der Waals surface area contributed by atoms with Crippen LogP contribution < -0.4 is 5.32 Å². The number of nitrogens with zero attached hydrogens (tertiary/aromatic N) is 1. The zero-order valence-corrected chi connectivity index (χ0v) is 11.8. The fraction of sp³-hybridized carbons (Fsp3) is 0.214. The highest BCUT2D eigenvalue weighted by molar-refractivity contribution is 9.10. The third-order valence-corrected chi connectivity index (χ3v) is 2.97. The number of nitrogens with one attached hydrogen (secondary N) is 1. The van der Waals surface area contributed by atoms with E-state index in [2.05, 4.69) is 44.4 Å². The van der Waals surface area contributed by atoms with Gasteiger partial charge in [0.2, 0.25) is 0 Å². The molecule has 0 saturated heterocycles. The van der Waals surface area contributed by atoms with E-state index in [1.54, 1.807) is 13.3 Å². The van der Waals surface area contributed by atoms with Crippen molar-refractivity contribution in [1.29, 1.82) is 0 Å². The van der Waals surface area contributed by atoms with Crippen LogP contribution in [0.5, 0.6) is 0 Å². The second-order valence-corrected chi connectivity index (χ2v) is 4.88. The number of benzene rings is 1. The predicted molar refractivity (Wildman–Crippen MR) is 76.4 cm³/mol. The van der Waals surface area contributed by atoms with Crippen molar-refractivity contribution < 1.29 is 4.74 Å². The first-order chi connectivity index (χ1) is 8.78. The molecule has 0 radical (unpaired) electrons. The Kier molecular flexibility index (Phi) is 4.73. The topological polar surface area (TPSA) is 34.1 Å². The van der Waals surface area contributed by atoms with Gasteiger partial charge in [0.15, 0.2) is 0 Å². The van der Waals surface area contributed by atoms with Crippen molar-refractivity contribution in [2.75, 3.05) is 12.4 Å². The molecule has 18 heavy (non-hydrogen) atoms. The highest BCUT2D eigenvalue weighted by Crippen LogP contribution is 2.12. The molecule has 0 aliphatic heterocycles. The van der Waals surface area contributed by atoms with E-state index >= 15 is 0 Å². The van der Waals surface area contributed by atoms with E-state index in [-0.39, 0.29) is 0 Å². The zero-order valence-electron chi connectivity index (χ0n) is 10.2. The third kappa shape index (κ3) is 3.82. The minimum absolute atomic E-state index is 0.643. The summed E-state index contributed by atoms with van der Waals surface area (Å²) >= 11 is 3.36. The van der Waals surface area contributed by atoms with Gasteiger partial charge in [0.25, 0.3) is 0 Å². The predicted octanol–water partition coefficient (Wildman–Crippen LogP) is 3.60. The maximum atomic E-state index is 5.12. The molecular formula is C14H15BrN2O. The number of pyridine rings is 1. The quantitative estimate of drug-likeness (QED) is 0.916. The molecular weight excluding hydrogens is 292 g/mol. The summed E-state index contributed by atoms with van der Waals surface area (Å²) in [6.45, 7) is 1.40. The van der Waals surface area contributed by atoms with Gasteiger partial charge in [0.05, 0.1) is 6.61 Å². The van der Waals surface area contributed by atoms with Gasteiger partial charge < -0.3 is 10.1 Å². The van der Waals surface area contributed by atoms with E-state index in [4.69, 9.17) is 4.74 Å². The van der Waals surface area contributed by atoms with E-state index in [9.17, 15) is 0 Å². The Morgan fingerprint density at radius 1 is 1.22 bits per heavy atom. The first-order valence-corrected chi connectivity index (χ1v) is 6.49. The van der Waals surface area contributed by atoms with E-state index in [0.717, 1.165) is 16.8 Å². The Balaban J connectivity index is 1.97. The first-order valence-electron chi connectivity index (χ1n) is 5.70. The normalized spacial score (nSPS) is 10.3. The van der Waals surface area contributed by atoms with Crippen LogP contribution >= 0.6 is 15.9 Å². The fourth-order valence-electron chi connectivity index (χ4n) is 1.67. The molecule has 1 aromatic heterocycles. The lowest BCUT2D eigenvalue weighted by Crippen LogP contribution is -2.01. The van der Waals surface area contributed by atoms with Gasteiger partial charge in [-0.25, -0.2) is 4.98 Å². The fourth-order valence-corrected chi connectivity index (χ4v) is 1.90. The zero-order chi connectivity index (χ0) is 12.8. The van der Waals surface area contributed by atoms with Crippen LogP contribution in [0.25, 0.3) is 0 Å². The Morgan fingerprint density at radius 2 is 2.06 bits per heavy atom. The second kappa shape index (κ2) is 6.52. The van der Waals surface area contributed by atoms with Crippen molar-refractivity contribution in [3.63, 3.8) is 0 Å². The summed E-state index contributed by atoms with van der Waals surface area (Å²) in [5.74, 6) is 0.871. The second-order valence-electron chi connectivity index (χ2n) is 3.97. The highest BCUT2D eigenvalue weighted by atomic mass is 79.9. The number of aromatic nitrogens is 1. The molecule has 0 unspecified atom stereocenters. The smallest absolute Gasteiger partial charge is 0.126 e. The Labute approximate surface area is 115 Å². The number of hydrogen-bond donors (Lipinski definition) is 1. The summed E-state index contributed by atoms with van der Waals surface area (Å²) in [6, 6.07) is 12.2. The molecule has 0 fully saturated rings. The first kappa shape index (κ1) is 13.1. The van der Waals surface area contributed by atoms with Crippen LogP contribution in [0.1, 0.15) is 11.1 Å². The molecule has 0 bridgehead atoms. The SMILES string of the molecule is COCc1cccc(CNc2ccc(Br)cn2)c1. The molecule has 0 atom stereocenters. The summed E-state index contributed by atoms with van der Waals surface area (Å²) in [4.78, 5) is 4.27. The molecule has 0 amide bonds. The maximum Gasteiger partial charge on any atom is 0.126 e. The average Bonchev–Trinajstić information content (AvgIpc) is 2.39. The summed E-state index contributed by atoms with van der Waals surface area (Å²) in [5, 5.41) is 3.28. The monoisotopic (exact) mass is 306 g/mol. The number of hydrogen-bond acceptors (Lipinski definition) is 3. The molecule has 1 N–H and O–H groups in total. The van der Waals surface area contributed by atoms with Gasteiger partial charge in [-0.3, -0.25) is 0 Å². The highest BCUT2D eigenvalue weighted by Gasteiger charge is 1.97. The molecule has 0 aliphatic carbocycles. The van der Waals surface area contributed by atoms with E-state index in [0.29, 0.717) is 6.61 Å². The summed E-state index contributed by atoms with van der Waals surface area (Å²) in [6.07, 6.45) is 1.78. The number of ether oxygens (including phenoxy) is 1. The summed E-state index contributed by atoms with van der Waals surface area (Å²) < 4.78 is 6.10. The standard InChI is InChI=1S/C14H15BrN2O/c1-18-10-12-4-2-3-11(7-12)8-16-14-6-5-13(15)9-17-14/h2-7,9H,8,10H2,1H3,(H,16,17). The summed E-state index contributed by atoms with van der Waals surface area (Å²) in [5.41, 5.74) is 2.40. The van der Waals surface area contributed by atoms with Crippen molar-refractivity contribution in [3.8, 4) is 0 Å². The summed E-state index contributed by atoms with van der Waals surface area (Å²) in [7, 11) is 1.71. The number of halogens is 1. The van der Waals surface area contributed by atoms with Gasteiger partial charge in [-0.2, -0.15) is 0 Å². The van der Waals surface area contributed by atoms with E-state index < -0.39 is 0 Å². The number of rotatable bonds is 5. The van der Waals surface area contributed by atoms with Gasteiger partial charge in [-0.15, -0.1) is 0 Å². The van der Waals surface area contributed by atoms with Crippen LogP contribution in [0.4, 0.5) is 5.82 Å². The minimum atomic E-state index is 0.643. The lowest BCUT2D eigenvalue weighted by Gasteiger charge is -2.07. The van der Waals surface area contributed by atoms with Gasteiger partial charge in [0.1, 0.15) is 5.82 Å². The Hall–Kier alpha value is -1.39. The van der Waals surface area contributed by atoms with Gasteiger partial charge in [-0.1, -0.05) is 24.3 Å². The molecule has 2 aromatic rings. The number of methoxy groups -OCH3 is 1. The molecule has 0 spiro atoms. The molecule has 4 heteroatoms. The lowest BCUT2D eigenvalue weighted by atomic mass is 10.1. The van der Waals surface area contributed by atoms with Crippen LogP contribution in [0.2, 0.25) is 0 Å². The van der Waals surface area contributed by atoms with Crippen LogP contribution in [0.15, 0.2) is 47.1 Å². The molecule has 0 aliphatic rings. The van der Waals surface area contributed by atoms with Gasteiger partial charge >= 0.3 is 0 Å². The minimum Gasteiger partial charge on any atom is -0.380 e. The van der Waals surface area contributed by atoms with Crippen LogP contribution in [0, 0.1) is 0 Å². The van der Waals surface area contributed by atoms with Gasteiger partial charge in [-0.05, 0) is 39.2 Å². The van der Waals surface area contributed by atoms with Crippen molar-refractivity contribution in [1.82, 2.24) is 4.98 Å². The molecule has 3 nitrogen and oxygen atoms in total. The van der Waals surface area contributed by atoms with Crippen molar-refractivity contribution in [3.05, 3.63) is 58.2 Å². The third-order valence-electron chi connectivity index (χ3n) is 2.50. The van der Waals surface area contributed by atoms with Crippen LogP contribution in [-0.4, -0.2) is 12.1 Å². The molecule has 0 saturated carbocycles. The van der Waals surface area contributed by atoms with Crippen LogP contribution in [-0.2, 0) is 17.9 Å². The molecule has 1 aromatic carbocycles. The molecule has 1 heterocycles. The van der Waals surface area contributed by atoms with Crippen LogP contribution in [0.3, 0.4) is 0 Å². The van der Waals surface area contributed by atoms with Crippen molar-refractivity contribution >= 4 is 21.7 Å². The Bertz CT molecular complexity index is 499. The van der Waals surface area contributed by atoms with E-state index in [1.807, 2.05) is 18.2 Å². The number of anilines is 1. The molecule has 94 valence electrons. The maximum absolute atomic E-state index is 5.12. The Morgan fingerprint density at radius 3 is 2.78 bits per heavy atom.